The fraction of sp³-hybridized carbons (Fsp3) is 0.143. The number of fused-ring (bicyclic) bond motifs is 1. The average molecular weight is 287 g/mol. The smallest absolute Gasteiger partial charge is 0.271 e. The topological polar surface area (TPSA) is 70.1 Å². The van der Waals surface area contributed by atoms with Crippen LogP contribution in [0.1, 0.15) is 5.56 Å². The number of hydrogen-bond donors (Lipinski definition) is 1. The van der Waals surface area contributed by atoms with Crippen molar-refractivity contribution in [2.24, 2.45) is 0 Å². The molecule has 2 heterocycles. The van der Waals surface area contributed by atoms with Gasteiger partial charge in [-0.3, -0.25) is 9.36 Å². The molecule has 102 valence electrons. The molecule has 0 aliphatic rings. The van der Waals surface area contributed by atoms with E-state index in [0.717, 1.165) is 11.1 Å². The largest absolute Gasteiger partial charge is 0.496 e. The molecule has 0 unspecified atom stereocenters. The number of nitrogen functional groups attached to an aromatic ring is 1. The molecule has 0 saturated carbocycles. The molecule has 0 radical (unpaired) electrons. The Morgan fingerprint density at radius 1 is 1.40 bits per heavy atom. The van der Waals surface area contributed by atoms with Gasteiger partial charge in [0.2, 0.25) is 0 Å². The Morgan fingerprint density at radius 2 is 2.25 bits per heavy atom. The molecule has 0 fully saturated rings. The number of nitrogens with two attached hydrogens (primary N) is 1. The van der Waals surface area contributed by atoms with Crippen molar-refractivity contribution in [2.45, 2.75) is 6.54 Å². The SMILES string of the molecule is COc1cc(N)ccc1Cn1cnc2ccsc2c1=O. The summed E-state index contributed by atoms with van der Waals surface area (Å²) in [5, 5.41) is 1.87. The second-order valence-corrected chi connectivity index (χ2v) is 5.30. The van der Waals surface area contributed by atoms with Gasteiger partial charge >= 0.3 is 0 Å². The summed E-state index contributed by atoms with van der Waals surface area (Å²) in [6, 6.07) is 7.24. The highest BCUT2D eigenvalue weighted by atomic mass is 32.1. The molecule has 0 spiro atoms. The van der Waals surface area contributed by atoms with Crippen LogP contribution in [0.15, 0.2) is 40.8 Å². The highest BCUT2D eigenvalue weighted by Crippen LogP contribution is 2.22. The molecule has 0 aliphatic heterocycles. The van der Waals surface area contributed by atoms with Crippen LogP contribution < -0.4 is 16.0 Å². The highest BCUT2D eigenvalue weighted by molar-refractivity contribution is 7.17. The van der Waals surface area contributed by atoms with E-state index in [1.807, 2.05) is 17.5 Å². The fourth-order valence-electron chi connectivity index (χ4n) is 2.07. The van der Waals surface area contributed by atoms with Gasteiger partial charge in [0, 0.05) is 17.3 Å². The van der Waals surface area contributed by atoms with Crippen LogP contribution in [0.2, 0.25) is 0 Å². The summed E-state index contributed by atoms with van der Waals surface area (Å²) < 4.78 is 7.54. The van der Waals surface area contributed by atoms with Crippen molar-refractivity contribution < 1.29 is 4.74 Å². The van der Waals surface area contributed by atoms with E-state index in [1.165, 1.54) is 11.3 Å². The maximum absolute atomic E-state index is 12.3. The minimum atomic E-state index is -0.0381. The first-order valence-corrected chi connectivity index (χ1v) is 6.92. The summed E-state index contributed by atoms with van der Waals surface area (Å²) in [4.78, 5) is 16.6. The number of rotatable bonds is 3. The van der Waals surface area contributed by atoms with Crippen molar-refractivity contribution in [3.8, 4) is 5.75 Å². The van der Waals surface area contributed by atoms with Gasteiger partial charge in [-0.1, -0.05) is 6.07 Å². The summed E-state index contributed by atoms with van der Waals surface area (Å²) in [5.41, 5.74) is 7.95. The molecule has 3 rings (SSSR count). The summed E-state index contributed by atoms with van der Waals surface area (Å²) in [5.74, 6) is 0.670. The van der Waals surface area contributed by atoms with E-state index in [9.17, 15) is 4.79 Å². The molecule has 3 aromatic rings. The third-order valence-electron chi connectivity index (χ3n) is 3.09. The van der Waals surface area contributed by atoms with E-state index in [0.29, 0.717) is 22.7 Å². The van der Waals surface area contributed by atoms with Crippen molar-refractivity contribution in [2.75, 3.05) is 12.8 Å². The average Bonchev–Trinajstić information content (AvgIpc) is 2.93. The maximum Gasteiger partial charge on any atom is 0.271 e. The molecule has 0 bridgehead atoms. The number of ether oxygens (including phenoxy) is 1. The number of thiophene rings is 1. The second kappa shape index (κ2) is 4.97. The van der Waals surface area contributed by atoms with Crippen LogP contribution in [0.5, 0.6) is 5.75 Å². The highest BCUT2D eigenvalue weighted by Gasteiger charge is 2.09. The van der Waals surface area contributed by atoms with Crippen LogP contribution in [-0.2, 0) is 6.54 Å². The quantitative estimate of drug-likeness (QED) is 0.749. The monoisotopic (exact) mass is 287 g/mol. The number of aromatic nitrogens is 2. The molecule has 2 N–H and O–H groups in total. The van der Waals surface area contributed by atoms with Gasteiger partial charge in [-0.2, -0.15) is 0 Å². The van der Waals surface area contributed by atoms with Gasteiger partial charge in [0.15, 0.2) is 0 Å². The molecular formula is C14H13N3O2S. The van der Waals surface area contributed by atoms with Gasteiger partial charge in [-0.25, -0.2) is 4.98 Å². The van der Waals surface area contributed by atoms with Crippen LogP contribution in [0.25, 0.3) is 10.2 Å². The minimum absolute atomic E-state index is 0.0381. The van der Waals surface area contributed by atoms with E-state index < -0.39 is 0 Å². The summed E-state index contributed by atoms with van der Waals surface area (Å²) in [6.45, 7) is 0.406. The summed E-state index contributed by atoms with van der Waals surface area (Å²) in [7, 11) is 1.59. The van der Waals surface area contributed by atoms with E-state index in [2.05, 4.69) is 4.98 Å². The Balaban J connectivity index is 2.05. The second-order valence-electron chi connectivity index (χ2n) is 4.38. The van der Waals surface area contributed by atoms with Crippen LogP contribution in [-0.4, -0.2) is 16.7 Å². The van der Waals surface area contributed by atoms with Crippen molar-refractivity contribution in [1.82, 2.24) is 9.55 Å². The van der Waals surface area contributed by atoms with Gasteiger partial charge in [-0.15, -0.1) is 11.3 Å². The van der Waals surface area contributed by atoms with Crippen molar-refractivity contribution in [3.05, 3.63) is 51.9 Å². The summed E-state index contributed by atoms with van der Waals surface area (Å²) in [6.07, 6.45) is 1.56. The molecule has 1 aromatic carbocycles. The third-order valence-corrected chi connectivity index (χ3v) is 3.98. The first kappa shape index (κ1) is 12.7. The Kier molecular flexibility index (Phi) is 3.15. The Labute approximate surface area is 119 Å². The summed E-state index contributed by atoms with van der Waals surface area (Å²) >= 11 is 1.40. The van der Waals surface area contributed by atoms with E-state index in [-0.39, 0.29) is 5.56 Å². The number of methoxy groups -OCH3 is 1. The predicted octanol–water partition coefficient (Wildman–Crippen LogP) is 2.10. The van der Waals surface area contributed by atoms with Gasteiger partial charge in [0.05, 0.1) is 25.5 Å². The fourth-order valence-corrected chi connectivity index (χ4v) is 2.86. The molecule has 0 saturated heterocycles. The molecule has 0 aliphatic carbocycles. The lowest BCUT2D eigenvalue weighted by atomic mass is 10.2. The maximum atomic E-state index is 12.3. The van der Waals surface area contributed by atoms with Gasteiger partial charge in [-0.05, 0) is 17.5 Å². The Morgan fingerprint density at radius 3 is 3.05 bits per heavy atom. The lowest BCUT2D eigenvalue weighted by Gasteiger charge is -2.10. The first-order valence-electron chi connectivity index (χ1n) is 6.04. The zero-order valence-corrected chi connectivity index (χ0v) is 11.7. The molecule has 0 atom stereocenters. The molecule has 2 aromatic heterocycles. The van der Waals surface area contributed by atoms with E-state index in [4.69, 9.17) is 10.5 Å². The third kappa shape index (κ3) is 2.14. The Bertz CT molecular complexity index is 823. The van der Waals surface area contributed by atoms with Crippen LogP contribution in [0.3, 0.4) is 0 Å². The molecule has 6 heteroatoms. The normalized spacial score (nSPS) is 10.8. The molecule has 20 heavy (non-hydrogen) atoms. The van der Waals surface area contributed by atoms with Crippen LogP contribution in [0, 0.1) is 0 Å². The van der Waals surface area contributed by atoms with Crippen molar-refractivity contribution in [1.29, 1.82) is 0 Å². The lowest BCUT2D eigenvalue weighted by Crippen LogP contribution is -2.20. The zero-order chi connectivity index (χ0) is 14.1. The number of nitrogens with zero attached hydrogens (tertiary/aromatic N) is 2. The number of benzene rings is 1. The van der Waals surface area contributed by atoms with Crippen LogP contribution in [0.4, 0.5) is 5.69 Å². The van der Waals surface area contributed by atoms with Gasteiger partial charge in [0.25, 0.3) is 5.56 Å². The predicted molar refractivity (Wildman–Crippen MR) is 80.4 cm³/mol. The lowest BCUT2D eigenvalue weighted by molar-refractivity contribution is 0.408. The van der Waals surface area contributed by atoms with Crippen molar-refractivity contribution >= 4 is 27.2 Å². The standard InChI is InChI=1S/C14H13N3O2S/c1-19-12-6-10(15)3-2-9(12)7-17-8-16-11-4-5-20-13(11)14(17)18/h2-6,8H,7,15H2,1H3. The molecular weight excluding hydrogens is 274 g/mol. The zero-order valence-electron chi connectivity index (χ0n) is 10.9. The number of hydrogen-bond acceptors (Lipinski definition) is 5. The number of anilines is 1. The first-order chi connectivity index (χ1) is 9.69. The Hall–Kier alpha value is -2.34. The van der Waals surface area contributed by atoms with Gasteiger partial charge in [0.1, 0.15) is 10.4 Å². The minimum Gasteiger partial charge on any atom is -0.496 e. The van der Waals surface area contributed by atoms with E-state index in [1.54, 1.807) is 30.1 Å². The van der Waals surface area contributed by atoms with Crippen LogP contribution >= 0.6 is 11.3 Å². The molecule has 0 amide bonds. The van der Waals surface area contributed by atoms with E-state index >= 15 is 0 Å². The van der Waals surface area contributed by atoms with Crippen molar-refractivity contribution in [3.63, 3.8) is 0 Å². The molecule has 5 nitrogen and oxygen atoms in total. The van der Waals surface area contributed by atoms with Gasteiger partial charge < -0.3 is 10.5 Å².